The first-order valence-corrected chi connectivity index (χ1v) is 6.67. The van der Waals surface area contributed by atoms with Crippen molar-refractivity contribution < 1.29 is 23.9 Å². The molecule has 1 aromatic heterocycles. The van der Waals surface area contributed by atoms with Gasteiger partial charge in [-0.05, 0) is 18.6 Å². The first-order chi connectivity index (χ1) is 10.2. The predicted octanol–water partition coefficient (Wildman–Crippen LogP) is 1.77. The van der Waals surface area contributed by atoms with Gasteiger partial charge >= 0.3 is 5.97 Å². The number of carboxylic acids is 1. The van der Waals surface area contributed by atoms with Gasteiger partial charge in [0.25, 0.3) is 0 Å². The van der Waals surface area contributed by atoms with E-state index in [1.165, 1.54) is 0 Å². The van der Waals surface area contributed by atoms with Crippen molar-refractivity contribution in [2.75, 3.05) is 6.61 Å². The largest absolute Gasteiger partial charge is 0.485 e. The maximum Gasteiger partial charge on any atom is 0.307 e. The second kappa shape index (κ2) is 4.47. The summed E-state index contributed by atoms with van der Waals surface area (Å²) in [6.07, 6.45) is 0.0985. The van der Waals surface area contributed by atoms with Gasteiger partial charge < -0.3 is 19.1 Å². The lowest BCUT2D eigenvalue weighted by Gasteiger charge is -2.24. The summed E-state index contributed by atoms with van der Waals surface area (Å²) in [6.45, 7) is 0.295. The molecule has 2 heterocycles. The molecule has 0 bridgehead atoms. The van der Waals surface area contributed by atoms with Crippen molar-refractivity contribution in [3.63, 3.8) is 0 Å². The molecule has 4 rings (SSSR count). The molecular formula is C14H12N2O5. The second-order valence-corrected chi connectivity index (χ2v) is 5.14. The van der Waals surface area contributed by atoms with Crippen molar-refractivity contribution in [3.8, 4) is 11.5 Å². The molecular weight excluding hydrogens is 276 g/mol. The van der Waals surface area contributed by atoms with E-state index in [-0.39, 0.29) is 5.92 Å². The van der Waals surface area contributed by atoms with Crippen LogP contribution in [0.1, 0.15) is 30.2 Å². The molecule has 2 aliphatic rings. The Morgan fingerprint density at radius 3 is 2.86 bits per heavy atom. The number of fused-ring (bicyclic) bond motifs is 1. The summed E-state index contributed by atoms with van der Waals surface area (Å²) in [7, 11) is 0. The molecule has 0 radical (unpaired) electrons. The molecule has 1 aromatic carbocycles. The first-order valence-electron chi connectivity index (χ1n) is 6.67. The number of carbonyl (C=O) groups is 1. The number of hydrogen-bond donors (Lipinski definition) is 1. The van der Waals surface area contributed by atoms with E-state index < -0.39 is 18.0 Å². The number of para-hydroxylation sites is 2. The zero-order valence-corrected chi connectivity index (χ0v) is 10.9. The van der Waals surface area contributed by atoms with Crippen molar-refractivity contribution in [1.82, 2.24) is 10.1 Å². The fourth-order valence-corrected chi connectivity index (χ4v) is 2.42. The van der Waals surface area contributed by atoms with Gasteiger partial charge in [-0.3, -0.25) is 4.79 Å². The van der Waals surface area contributed by atoms with E-state index in [1.54, 1.807) is 0 Å². The maximum absolute atomic E-state index is 10.9. The van der Waals surface area contributed by atoms with Crippen LogP contribution in [0.4, 0.5) is 0 Å². The third kappa shape index (κ3) is 2.10. The highest BCUT2D eigenvalue weighted by atomic mass is 16.6. The van der Waals surface area contributed by atoms with Gasteiger partial charge in [0.2, 0.25) is 11.7 Å². The SMILES string of the molecule is O=C(O)C1CC1c1nc(C2COc3ccccc3O2)no1. The topological polar surface area (TPSA) is 94.7 Å². The summed E-state index contributed by atoms with van der Waals surface area (Å²) < 4.78 is 16.5. The first kappa shape index (κ1) is 12.2. The summed E-state index contributed by atoms with van der Waals surface area (Å²) in [5, 5.41) is 12.8. The molecule has 108 valence electrons. The third-order valence-electron chi connectivity index (χ3n) is 3.68. The molecule has 1 saturated carbocycles. The molecule has 7 heteroatoms. The van der Waals surface area contributed by atoms with E-state index >= 15 is 0 Å². The highest BCUT2D eigenvalue weighted by molar-refractivity contribution is 5.74. The van der Waals surface area contributed by atoms with Gasteiger partial charge in [0.1, 0.15) is 6.61 Å². The highest BCUT2D eigenvalue weighted by Gasteiger charge is 2.48. The van der Waals surface area contributed by atoms with Crippen molar-refractivity contribution >= 4 is 5.97 Å². The number of nitrogens with zero attached hydrogens (tertiary/aromatic N) is 2. The lowest BCUT2D eigenvalue weighted by molar-refractivity contribution is -0.138. The Balaban J connectivity index is 1.51. The van der Waals surface area contributed by atoms with Crippen LogP contribution >= 0.6 is 0 Å². The van der Waals surface area contributed by atoms with Crippen LogP contribution in [0.15, 0.2) is 28.8 Å². The molecule has 2 aromatic rings. The van der Waals surface area contributed by atoms with Gasteiger partial charge in [0.05, 0.1) is 11.8 Å². The molecule has 3 unspecified atom stereocenters. The molecule has 0 saturated heterocycles. The van der Waals surface area contributed by atoms with Crippen molar-refractivity contribution in [2.45, 2.75) is 18.4 Å². The summed E-state index contributed by atoms with van der Waals surface area (Å²) in [4.78, 5) is 15.1. The Hall–Kier alpha value is -2.57. The van der Waals surface area contributed by atoms with Gasteiger partial charge in [-0.1, -0.05) is 17.3 Å². The van der Waals surface area contributed by atoms with Gasteiger partial charge in [-0.15, -0.1) is 0 Å². The molecule has 1 aliphatic carbocycles. The van der Waals surface area contributed by atoms with Crippen LogP contribution in [0, 0.1) is 5.92 Å². The van der Waals surface area contributed by atoms with E-state index in [1.807, 2.05) is 24.3 Å². The predicted molar refractivity (Wildman–Crippen MR) is 68.1 cm³/mol. The Morgan fingerprint density at radius 1 is 1.29 bits per heavy atom. The Morgan fingerprint density at radius 2 is 2.10 bits per heavy atom. The van der Waals surface area contributed by atoms with Gasteiger partial charge in [-0.2, -0.15) is 4.98 Å². The number of rotatable bonds is 3. The average molecular weight is 288 g/mol. The van der Waals surface area contributed by atoms with E-state index in [0.717, 1.165) is 0 Å². The molecule has 1 aliphatic heterocycles. The van der Waals surface area contributed by atoms with Crippen LogP contribution in [-0.4, -0.2) is 27.8 Å². The number of hydrogen-bond acceptors (Lipinski definition) is 6. The van der Waals surface area contributed by atoms with Crippen molar-refractivity contribution in [3.05, 3.63) is 36.0 Å². The minimum atomic E-state index is -0.828. The second-order valence-electron chi connectivity index (χ2n) is 5.14. The monoisotopic (exact) mass is 288 g/mol. The summed E-state index contributed by atoms with van der Waals surface area (Å²) in [6, 6.07) is 7.36. The van der Waals surface area contributed by atoms with Crippen LogP contribution in [-0.2, 0) is 4.79 Å². The number of benzene rings is 1. The fraction of sp³-hybridized carbons (Fsp3) is 0.357. The third-order valence-corrected chi connectivity index (χ3v) is 3.68. The van der Waals surface area contributed by atoms with E-state index in [9.17, 15) is 4.79 Å². The van der Waals surface area contributed by atoms with Gasteiger partial charge in [0.15, 0.2) is 17.6 Å². The molecule has 1 fully saturated rings. The van der Waals surface area contributed by atoms with E-state index in [2.05, 4.69) is 10.1 Å². The van der Waals surface area contributed by atoms with Gasteiger partial charge in [-0.25, -0.2) is 0 Å². The highest BCUT2D eigenvalue weighted by Crippen LogP contribution is 2.47. The Kier molecular flexibility index (Phi) is 2.60. The number of aromatic nitrogens is 2. The standard InChI is InChI=1S/C14H12N2O5/c17-14(18)8-5-7(8)13-15-12(16-21-13)11-6-19-9-3-1-2-4-10(9)20-11/h1-4,7-8,11H,5-6H2,(H,17,18). The molecule has 1 N–H and O–H groups in total. The van der Waals surface area contributed by atoms with E-state index in [4.69, 9.17) is 19.1 Å². The summed E-state index contributed by atoms with van der Waals surface area (Å²) in [5.74, 6) is 0.643. The van der Waals surface area contributed by atoms with Crippen LogP contribution in [0.3, 0.4) is 0 Å². The summed E-state index contributed by atoms with van der Waals surface area (Å²) in [5.41, 5.74) is 0. The number of carboxylic acid groups (broad SMARTS) is 1. The van der Waals surface area contributed by atoms with Crippen molar-refractivity contribution in [1.29, 1.82) is 0 Å². The fourth-order valence-electron chi connectivity index (χ4n) is 2.42. The number of aliphatic carboxylic acids is 1. The zero-order chi connectivity index (χ0) is 14.4. The molecule has 21 heavy (non-hydrogen) atoms. The minimum absolute atomic E-state index is 0.180. The van der Waals surface area contributed by atoms with Crippen LogP contribution in [0.2, 0.25) is 0 Å². The van der Waals surface area contributed by atoms with E-state index in [0.29, 0.717) is 36.2 Å². The van der Waals surface area contributed by atoms with Crippen LogP contribution < -0.4 is 9.47 Å². The van der Waals surface area contributed by atoms with Crippen LogP contribution in [0.25, 0.3) is 0 Å². The Labute approximate surface area is 119 Å². The normalized spacial score (nSPS) is 26.4. The van der Waals surface area contributed by atoms with Crippen LogP contribution in [0.5, 0.6) is 11.5 Å². The zero-order valence-electron chi connectivity index (χ0n) is 10.9. The van der Waals surface area contributed by atoms with Gasteiger partial charge in [0, 0.05) is 0 Å². The summed E-state index contributed by atoms with van der Waals surface area (Å²) >= 11 is 0. The van der Waals surface area contributed by atoms with Crippen molar-refractivity contribution in [2.24, 2.45) is 5.92 Å². The quantitative estimate of drug-likeness (QED) is 0.919. The molecule has 3 atom stereocenters. The minimum Gasteiger partial charge on any atom is -0.485 e. The smallest absolute Gasteiger partial charge is 0.307 e. The molecule has 0 spiro atoms. The Bertz CT molecular complexity index is 698. The number of ether oxygens (including phenoxy) is 2. The maximum atomic E-state index is 10.9. The molecule has 7 nitrogen and oxygen atoms in total. The lowest BCUT2D eigenvalue weighted by Crippen LogP contribution is -2.22. The lowest BCUT2D eigenvalue weighted by atomic mass is 10.2. The average Bonchev–Trinajstić information content (AvgIpc) is 3.17. The molecule has 0 amide bonds.